The van der Waals surface area contributed by atoms with Crippen molar-refractivity contribution in [2.24, 2.45) is 0 Å². The smallest absolute Gasteiger partial charge is 0.339 e. The molecule has 0 aliphatic rings. The molecule has 0 unspecified atom stereocenters. The summed E-state index contributed by atoms with van der Waals surface area (Å²) in [4.78, 5) is 16.1. The van der Waals surface area contributed by atoms with E-state index in [0.717, 1.165) is 17.7 Å². The van der Waals surface area contributed by atoms with Gasteiger partial charge in [-0.2, -0.15) is 0 Å². The van der Waals surface area contributed by atoms with Gasteiger partial charge in [-0.3, -0.25) is 4.98 Å². The maximum Gasteiger partial charge on any atom is 0.339 e. The molecule has 0 bridgehead atoms. The number of esters is 1. The molecule has 0 radical (unpaired) electrons. The van der Waals surface area contributed by atoms with Crippen molar-refractivity contribution < 1.29 is 9.53 Å². The topological polar surface area (TPSA) is 39.2 Å². The van der Waals surface area contributed by atoms with Gasteiger partial charge in [-0.25, -0.2) is 4.79 Å². The number of carbonyl (C=O) groups is 1. The van der Waals surface area contributed by atoms with Gasteiger partial charge in [0.1, 0.15) is 0 Å². The second-order valence-corrected chi connectivity index (χ2v) is 4.01. The number of pyridine rings is 1. The van der Waals surface area contributed by atoms with Crippen LogP contribution in [0.15, 0.2) is 12.3 Å². The second kappa shape index (κ2) is 5.64. The average Bonchev–Trinajstić information content (AvgIpc) is 2.28. The third-order valence-corrected chi connectivity index (χ3v) is 2.43. The quantitative estimate of drug-likeness (QED) is 0.734. The minimum absolute atomic E-state index is 0.227. The summed E-state index contributed by atoms with van der Waals surface area (Å²) in [5.41, 5.74) is 2.49. The molecule has 0 amide bonds. The Morgan fingerprint density at radius 2 is 2.12 bits per heavy atom. The number of ether oxygens (including phenoxy) is 1. The molecule has 0 aliphatic carbocycles. The Morgan fingerprint density at radius 1 is 1.44 bits per heavy atom. The molecular weight excluding hydrogens is 202 g/mol. The van der Waals surface area contributed by atoms with Gasteiger partial charge in [0.15, 0.2) is 0 Å². The van der Waals surface area contributed by atoms with E-state index >= 15 is 0 Å². The van der Waals surface area contributed by atoms with E-state index in [2.05, 4.69) is 4.98 Å². The van der Waals surface area contributed by atoms with Crippen LogP contribution in [0.4, 0.5) is 0 Å². The first kappa shape index (κ1) is 12.7. The monoisotopic (exact) mass is 221 g/mol. The predicted octanol–water partition coefficient (Wildman–Crippen LogP) is 2.94. The molecule has 0 aliphatic heterocycles. The van der Waals surface area contributed by atoms with Gasteiger partial charge >= 0.3 is 5.97 Å². The van der Waals surface area contributed by atoms with Crippen LogP contribution in [0.25, 0.3) is 0 Å². The first-order chi connectivity index (χ1) is 7.60. The summed E-state index contributed by atoms with van der Waals surface area (Å²) >= 11 is 0. The van der Waals surface area contributed by atoms with Gasteiger partial charge in [-0.15, -0.1) is 0 Å². The van der Waals surface area contributed by atoms with Gasteiger partial charge in [-0.05, 0) is 30.9 Å². The summed E-state index contributed by atoms with van der Waals surface area (Å²) in [6.45, 7) is 8.30. The van der Waals surface area contributed by atoms with E-state index in [1.165, 1.54) is 0 Å². The summed E-state index contributed by atoms with van der Waals surface area (Å²) in [5, 5.41) is 0. The Labute approximate surface area is 96.8 Å². The lowest BCUT2D eigenvalue weighted by Crippen LogP contribution is -2.11. The highest BCUT2D eigenvalue weighted by Crippen LogP contribution is 2.19. The molecule has 0 atom stereocenters. The van der Waals surface area contributed by atoms with Crippen LogP contribution >= 0.6 is 0 Å². The van der Waals surface area contributed by atoms with Crippen LogP contribution in [0.5, 0.6) is 0 Å². The highest BCUT2D eigenvalue weighted by Gasteiger charge is 2.16. The number of carbonyl (C=O) groups excluding carboxylic acids is 1. The Hall–Kier alpha value is -1.38. The number of aromatic nitrogens is 1. The van der Waals surface area contributed by atoms with Crippen LogP contribution in [0.3, 0.4) is 0 Å². The zero-order valence-corrected chi connectivity index (χ0v) is 10.4. The first-order valence-electron chi connectivity index (χ1n) is 5.76. The molecular formula is C13H19NO2. The molecule has 0 N–H and O–H groups in total. The molecule has 3 nitrogen and oxygen atoms in total. The van der Waals surface area contributed by atoms with E-state index in [-0.39, 0.29) is 11.9 Å². The van der Waals surface area contributed by atoms with Crippen LogP contribution in [0.2, 0.25) is 0 Å². The number of aryl methyl sites for hydroxylation is 1. The summed E-state index contributed by atoms with van der Waals surface area (Å²) < 4.78 is 5.04. The fourth-order valence-electron chi connectivity index (χ4n) is 1.54. The third kappa shape index (κ3) is 2.81. The summed E-state index contributed by atoms with van der Waals surface area (Å²) in [5.74, 6) is -0.0423. The summed E-state index contributed by atoms with van der Waals surface area (Å²) in [6.07, 6.45) is 2.70. The Kier molecular flexibility index (Phi) is 4.47. The zero-order valence-electron chi connectivity index (χ0n) is 10.4. The first-order valence-corrected chi connectivity index (χ1v) is 5.76. The van der Waals surface area contributed by atoms with Crippen molar-refractivity contribution in [3.8, 4) is 0 Å². The fraction of sp³-hybridized carbons (Fsp3) is 0.538. The fourth-order valence-corrected chi connectivity index (χ4v) is 1.54. The molecule has 0 saturated heterocycles. The molecule has 1 aromatic heterocycles. The van der Waals surface area contributed by atoms with Gasteiger partial charge < -0.3 is 4.74 Å². The number of hydrogen-bond acceptors (Lipinski definition) is 3. The Bertz CT molecular complexity index is 372. The molecule has 3 heteroatoms. The average molecular weight is 221 g/mol. The Morgan fingerprint density at radius 3 is 2.62 bits per heavy atom. The van der Waals surface area contributed by atoms with Crippen LogP contribution in [-0.4, -0.2) is 17.6 Å². The standard InChI is InChI=1S/C13H19NO2/c1-5-10-7-11(13(15)16-6-2)12(9(3)4)14-8-10/h7-9H,5-6H2,1-4H3. The van der Waals surface area contributed by atoms with Gasteiger partial charge in [-0.1, -0.05) is 20.8 Å². The van der Waals surface area contributed by atoms with E-state index in [9.17, 15) is 4.79 Å². The Balaban J connectivity index is 3.14. The van der Waals surface area contributed by atoms with Crippen molar-refractivity contribution in [2.45, 2.75) is 40.0 Å². The van der Waals surface area contributed by atoms with E-state index < -0.39 is 0 Å². The van der Waals surface area contributed by atoms with Crippen molar-refractivity contribution in [1.82, 2.24) is 4.98 Å². The van der Waals surface area contributed by atoms with E-state index in [1.807, 2.05) is 40.0 Å². The van der Waals surface area contributed by atoms with E-state index in [0.29, 0.717) is 12.2 Å². The molecule has 16 heavy (non-hydrogen) atoms. The minimum Gasteiger partial charge on any atom is -0.462 e. The van der Waals surface area contributed by atoms with E-state index in [1.54, 1.807) is 0 Å². The normalized spacial score (nSPS) is 10.6. The van der Waals surface area contributed by atoms with Crippen molar-refractivity contribution in [1.29, 1.82) is 0 Å². The van der Waals surface area contributed by atoms with Gasteiger partial charge in [0.05, 0.1) is 17.9 Å². The van der Waals surface area contributed by atoms with Gasteiger partial charge in [0.25, 0.3) is 0 Å². The SMILES string of the molecule is CCOC(=O)c1cc(CC)cnc1C(C)C. The second-order valence-electron chi connectivity index (χ2n) is 4.01. The van der Waals surface area contributed by atoms with Crippen molar-refractivity contribution in [3.63, 3.8) is 0 Å². The largest absolute Gasteiger partial charge is 0.462 e. The van der Waals surface area contributed by atoms with Crippen LogP contribution in [-0.2, 0) is 11.2 Å². The van der Waals surface area contributed by atoms with E-state index in [4.69, 9.17) is 4.74 Å². The third-order valence-electron chi connectivity index (χ3n) is 2.43. The molecule has 1 heterocycles. The highest BCUT2D eigenvalue weighted by atomic mass is 16.5. The maximum absolute atomic E-state index is 11.8. The van der Waals surface area contributed by atoms with Crippen LogP contribution in [0, 0.1) is 0 Å². The van der Waals surface area contributed by atoms with Gasteiger partial charge in [0.2, 0.25) is 0 Å². The van der Waals surface area contributed by atoms with Crippen molar-refractivity contribution >= 4 is 5.97 Å². The number of hydrogen-bond donors (Lipinski definition) is 0. The number of rotatable bonds is 4. The summed E-state index contributed by atoms with van der Waals surface area (Å²) in [6, 6.07) is 1.89. The molecule has 0 fully saturated rings. The lowest BCUT2D eigenvalue weighted by Gasteiger charge is -2.11. The summed E-state index contributed by atoms with van der Waals surface area (Å²) in [7, 11) is 0. The molecule has 0 aromatic carbocycles. The molecule has 0 saturated carbocycles. The minimum atomic E-state index is -0.269. The molecule has 88 valence electrons. The number of nitrogens with zero attached hydrogens (tertiary/aromatic N) is 1. The lowest BCUT2D eigenvalue weighted by atomic mass is 10.0. The van der Waals surface area contributed by atoms with Gasteiger partial charge in [0, 0.05) is 6.20 Å². The molecule has 1 rings (SSSR count). The lowest BCUT2D eigenvalue weighted by molar-refractivity contribution is 0.0524. The molecule has 0 spiro atoms. The zero-order chi connectivity index (χ0) is 12.1. The van der Waals surface area contributed by atoms with Crippen LogP contribution in [0.1, 0.15) is 55.2 Å². The van der Waals surface area contributed by atoms with Crippen LogP contribution < -0.4 is 0 Å². The predicted molar refractivity (Wildman–Crippen MR) is 63.7 cm³/mol. The molecule has 1 aromatic rings. The van der Waals surface area contributed by atoms with Crippen molar-refractivity contribution in [3.05, 3.63) is 29.1 Å². The highest BCUT2D eigenvalue weighted by molar-refractivity contribution is 5.91. The maximum atomic E-state index is 11.8. The van der Waals surface area contributed by atoms with Crippen molar-refractivity contribution in [2.75, 3.05) is 6.61 Å².